The molecule has 142 valence electrons. The molecule has 0 aliphatic carbocycles. The Bertz CT molecular complexity index is 762. The molecule has 2 rings (SSSR count). The van der Waals surface area contributed by atoms with Gasteiger partial charge >= 0.3 is 12.0 Å². The second kappa shape index (κ2) is 10.1. The van der Waals surface area contributed by atoms with E-state index in [1.165, 1.54) is 0 Å². The van der Waals surface area contributed by atoms with Crippen molar-refractivity contribution in [2.75, 3.05) is 6.54 Å². The lowest BCUT2D eigenvalue weighted by Gasteiger charge is -2.19. The van der Waals surface area contributed by atoms with Crippen molar-refractivity contribution in [1.29, 1.82) is 0 Å². The highest BCUT2D eigenvalue weighted by Crippen LogP contribution is 2.23. The van der Waals surface area contributed by atoms with E-state index >= 15 is 0 Å². The highest BCUT2D eigenvalue weighted by atomic mass is 16.5. The first-order valence-electron chi connectivity index (χ1n) is 8.89. The number of carbonyl (C=O) groups is 3. The van der Waals surface area contributed by atoms with E-state index in [4.69, 9.17) is 4.74 Å². The summed E-state index contributed by atoms with van der Waals surface area (Å²) in [6.45, 7) is 4.04. The lowest BCUT2D eigenvalue weighted by Crippen LogP contribution is -2.42. The zero-order valence-corrected chi connectivity index (χ0v) is 15.5. The molecule has 6 heteroatoms. The predicted octanol–water partition coefficient (Wildman–Crippen LogP) is 3.31. The van der Waals surface area contributed by atoms with Gasteiger partial charge in [0.1, 0.15) is 0 Å². The molecule has 6 nitrogen and oxygen atoms in total. The van der Waals surface area contributed by atoms with Crippen LogP contribution >= 0.6 is 0 Å². The van der Waals surface area contributed by atoms with Gasteiger partial charge < -0.3 is 10.1 Å². The monoisotopic (exact) mass is 368 g/mol. The van der Waals surface area contributed by atoms with E-state index in [-0.39, 0.29) is 12.3 Å². The number of urea groups is 1. The maximum Gasteiger partial charge on any atom is 0.321 e. The molecule has 27 heavy (non-hydrogen) atoms. The van der Waals surface area contributed by atoms with E-state index in [1.807, 2.05) is 37.3 Å². The van der Waals surface area contributed by atoms with Crippen LogP contribution in [0.2, 0.25) is 0 Å². The Kier molecular flexibility index (Phi) is 7.55. The van der Waals surface area contributed by atoms with Crippen LogP contribution in [0.5, 0.6) is 0 Å². The molecule has 0 aliphatic heterocycles. The van der Waals surface area contributed by atoms with Gasteiger partial charge in [0.2, 0.25) is 6.10 Å². The van der Waals surface area contributed by atoms with E-state index in [2.05, 4.69) is 10.6 Å². The Labute approximate surface area is 158 Å². The number of ether oxygens (including phenoxy) is 1. The summed E-state index contributed by atoms with van der Waals surface area (Å²) >= 11 is 0. The van der Waals surface area contributed by atoms with Crippen LogP contribution in [0.15, 0.2) is 60.7 Å². The van der Waals surface area contributed by atoms with E-state index in [0.29, 0.717) is 12.1 Å². The summed E-state index contributed by atoms with van der Waals surface area (Å²) in [5.74, 6) is -1.25. The molecule has 2 aromatic carbocycles. The first-order valence-corrected chi connectivity index (χ1v) is 8.89. The Morgan fingerprint density at radius 2 is 1.48 bits per heavy atom. The average molecular weight is 368 g/mol. The Balaban J connectivity index is 2.08. The summed E-state index contributed by atoms with van der Waals surface area (Å²) in [6, 6.07) is 17.6. The van der Waals surface area contributed by atoms with Crippen LogP contribution in [0.3, 0.4) is 0 Å². The number of esters is 1. The molecular formula is C21H24N2O4. The number of hydrogen-bond acceptors (Lipinski definition) is 4. The topological polar surface area (TPSA) is 84.5 Å². The molecule has 0 fully saturated rings. The summed E-state index contributed by atoms with van der Waals surface area (Å²) in [5, 5.41) is 4.68. The number of amides is 3. The van der Waals surface area contributed by atoms with Crippen molar-refractivity contribution in [2.24, 2.45) is 0 Å². The van der Waals surface area contributed by atoms with Gasteiger partial charge in [-0.2, -0.15) is 0 Å². The molecule has 3 amide bonds. The predicted molar refractivity (Wildman–Crippen MR) is 102 cm³/mol. The smallest absolute Gasteiger partial charge is 0.321 e. The van der Waals surface area contributed by atoms with Crippen molar-refractivity contribution in [1.82, 2.24) is 10.6 Å². The zero-order valence-electron chi connectivity index (χ0n) is 15.5. The molecular weight excluding hydrogens is 344 g/mol. The molecule has 0 aromatic heterocycles. The zero-order chi connectivity index (χ0) is 19.6. The van der Waals surface area contributed by atoms with Crippen LogP contribution in [-0.2, 0) is 14.3 Å². The summed E-state index contributed by atoms with van der Waals surface area (Å²) in [7, 11) is 0. The molecule has 0 saturated heterocycles. The van der Waals surface area contributed by atoms with Crippen molar-refractivity contribution in [3.63, 3.8) is 0 Å². The fourth-order valence-corrected chi connectivity index (χ4v) is 2.61. The van der Waals surface area contributed by atoms with Crippen molar-refractivity contribution < 1.29 is 19.1 Å². The maximum absolute atomic E-state index is 12.5. The summed E-state index contributed by atoms with van der Waals surface area (Å²) < 4.78 is 5.44. The molecule has 0 unspecified atom stereocenters. The van der Waals surface area contributed by atoms with Gasteiger partial charge in [-0.05, 0) is 18.4 Å². The normalized spacial score (nSPS) is 12.5. The molecule has 2 aromatic rings. The van der Waals surface area contributed by atoms with Crippen molar-refractivity contribution in [3.8, 4) is 0 Å². The van der Waals surface area contributed by atoms with Crippen LogP contribution in [-0.4, -0.2) is 24.5 Å². The molecule has 0 aliphatic rings. The SMILES string of the molecule is CCNC(=O)NC(=O)[C@H](OC(=O)C[C@@H](C)c1ccccc1)c1ccccc1. The van der Waals surface area contributed by atoms with Gasteiger partial charge in [0, 0.05) is 12.1 Å². The van der Waals surface area contributed by atoms with Gasteiger partial charge in [-0.25, -0.2) is 4.79 Å². The molecule has 2 N–H and O–H groups in total. The van der Waals surface area contributed by atoms with Crippen LogP contribution in [0.4, 0.5) is 4.79 Å². The maximum atomic E-state index is 12.5. The van der Waals surface area contributed by atoms with Crippen LogP contribution in [0.1, 0.15) is 43.4 Å². The van der Waals surface area contributed by atoms with Gasteiger partial charge in [-0.1, -0.05) is 67.6 Å². The largest absolute Gasteiger partial charge is 0.447 e. The fraction of sp³-hybridized carbons (Fsp3) is 0.286. The molecule has 0 saturated carbocycles. The first-order chi connectivity index (χ1) is 13.0. The summed E-state index contributed by atoms with van der Waals surface area (Å²) in [6.07, 6.45) is -1.06. The molecule has 0 radical (unpaired) electrons. The van der Waals surface area contributed by atoms with Crippen molar-refractivity contribution >= 4 is 17.9 Å². The summed E-state index contributed by atoms with van der Waals surface area (Å²) in [4.78, 5) is 36.5. The van der Waals surface area contributed by atoms with Gasteiger partial charge in [-0.3, -0.25) is 14.9 Å². The quantitative estimate of drug-likeness (QED) is 0.735. The van der Waals surface area contributed by atoms with E-state index in [1.54, 1.807) is 37.3 Å². The third kappa shape index (κ3) is 6.26. The van der Waals surface area contributed by atoms with Crippen molar-refractivity contribution in [3.05, 3.63) is 71.8 Å². The fourth-order valence-electron chi connectivity index (χ4n) is 2.61. The number of carbonyl (C=O) groups excluding carboxylic acids is 3. The summed E-state index contributed by atoms with van der Waals surface area (Å²) in [5.41, 5.74) is 1.51. The lowest BCUT2D eigenvalue weighted by atomic mass is 9.98. The number of nitrogens with one attached hydrogen (secondary N) is 2. The number of benzene rings is 2. The number of rotatable bonds is 7. The first kappa shape index (κ1) is 20.2. The third-order valence-corrected chi connectivity index (χ3v) is 4.01. The molecule has 0 bridgehead atoms. The molecule has 0 spiro atoms. The van der Waals surface area contributed by atoms with Crippen LogP contribution in [0.25, 0.3) is 0 Å². The van der Waals surface area contributed by atoms with Crippen molar-refractivity contribution in [2.45, 2.75) is 32.3 Å². The minimum Gasteiger partial charge on any atom is -0.447 e. The van der Waals surface area contributed by atoms with Gasteiger partial charge in [-0.15, -0.1) is 0 Å². The Morgan fingerprint density at radius 1 is 0.926 bits per heavy atom. The van der Waals surface area contributed by atoms with Crippen LogP contribution in [0, 0.1) is 0 Å². The second-order valence-electron chi connectivity index (χ2n) is 6.15. The van der Waals surface area contributed by atoms with E-state index in [9.17, 15) is 14.4 Å². The highest BCUT2D eigenvalue weighted by molar-refractivity contribution is 5.97. The van der Waals surface area contributed by atoms with E-state index < -0.39 is 24.0 Å². The number of hydrogen-bond donors (Lipinski definition) is 2. The highest BCUT2D eigenvalue weighted by Gasteiger charge is 2.27. The van der Waals surface area contributed by atoms with Crippen LogP contribution < -0.4 is 10.6 Å². The van der Waals surface area contributed by atoms with Gasteiger partial charge in [0.05, 0.1) is 6.42 Å². The molecule has 0 heterocycles. The average Bonchev–Trinajstić information content (AvgIpc) is 2.67. The minimum absolute atomic E-state index is 0.0541. The Hall–Kier alpha value is -3.15. The standard InChI is InChI=1S/C21H24N2O4/c1-3-22-21(26)23-20(25)19(17-12-8-5-9-13-17)27-18(24)14-15(2)16-10-6-4-7-11-16/h4-13,15,19H,3,14H2,1-2H3,(H2,22,23,25,26)/t15-,19-/m1/s1. The van der Waals surface area contributed by atoms with E-state index in [0.717, 1.165) is 5.56 Å². The lowest BCUT2D eigenvalue weighted by molar-refractivity contribution is -0.156. The third-order valence-electron chi connectivity index (χ3n) is 4.01. The Morgan fingerprint density at radius 3 is 2.04 bits per heavy atom. The second-order valence-corrected chi connectivity index (χ2v) is 6.15. The van der Waals surface area contributed by atoms with Gasteiger partial charge in [0.25, 0.3) is 5.91 Å². The number of imide groups is 1. The van der Waals surface area contributed by atoms with Gasteiger partial charge in [0.15, 0.2) is 0 Å². The molecule has 2 atom stereocenters. The minimum atomic E-state index is -1.19.